The van der Waals surface area contributed by atoms with E-state index < -0.39 is 12.6 Å². The second kappa shape index (κ2) is 5.57. The highest BCUT2D eigenvalue weighted by molar-refractivity contribution is 5.78. The van der Waals surface area contributed by atoms with Crippen molar-refractivity contribution in [2.75, 3.05) is 7.05 Å². The lowest BCUT2D eigenvalue weighted by molar-refractivity contribution is -0.136. The Balaban J connectivity index is 2.20. The van der Waals surface area contributed by atoms with Gasteiger partial charge in [0, 0.05) is 17.8 Å². The third kappa shape index (κ3) is 3.67. The van der Waals surface area contributed by atoms with Gasteiger partial charge in [0.15, 0.2) is 0 Å². The number of benzene rings is 1. The molecule has 0 bridgehead atoms. The van der Waals surface area contributed by atoms with Gasteiger partial charge in [0.25, 0.3) is 0 Å². The summed E-state index contributed by atoms with van der Waals surface area (Å²) in [6.45, 7) is 0. The minimum absolute atomic E-state index is 0.00859. The molecule has 1 heterocycles. The van der Waals surface area contributed by atoms with Crippen LogP contribution < -0.4 is 5.32 Å². The van der Waals surface area contributed by atoms with Gasteiger partial charge in [-0.05, 0) is 25.6 Å². The van der Waals surface area contributed by atoms with E-state index in [0.717, 1.165) is 10.9 Å². The summed E-state index contributed by atoms with van der Waals surface area (Å²) in [5.74, 6) is 0. The zero-order valence-corrected chi connectivity index (χ0v) is 10.5. The van der Waals surface area contributed by atoms with Gasteiger partial charge >= 0.3 is 6.18 Å². The Labute approximate surface area is 109 Å². The zero-order chi connectivity index (χ0) is 13.9. The van der Waals surface area contributed by atoms with Gasteiger partial charge in [-0.25, -0.2) is 0 Å². The first-order valence-corrected chi connectivity index (χ1v) is 6.09. The molecule has 0 radical (unpaired) electrons. The summed E-state index contributed by atoms with van der Waals surface area (Å²) >= 11 is 0. The molecule has 1 unspecified atom stereocenters. The van der Waals surface area contributed by atoms with Crippen LogP contribution in [0, 0.1) is 0 Å². The first-order chi connectivity index (χ1) is 8.99. The number of rotatable bonds is 4. The molecule has 0 aliphatic rings. The van der Waals surface area contributed by atoms with Crippen LogP contribution in [0.25, 0.3) is 10.9 Å². The highest BCUT2D eigenvalue weighted by Crippen LogP contribution is 2.27. The van der Waals surface area contributed by atoms with E-state index in [2.05, 4.69) is 10.3 Å². The molecular weight excluding hydrogens is 253 g/mol. The summed E-state index contributed by atoms with van der Waals surface area (Å²) in [6.07, 6.45) is -4.95. The molecule has 1 aromatic heterocycles. The van der Waals surface area contributed by atoms with Crippen LogP contribution in [0.1, 0.15) is 24.6 Å². The number of halogens is 3. The van der Waals surface area contributed by atoms with Gasteiger partial charge in [-0.2, -0.15) is 13.2 Å². The molecule has 1 aromatic carbocycles. The summed E-state index contributed by atoms with van der Waals surface area (Å²) in [6, 6.07) is 10.8. The van der Waals surface area contributed by atoms with Crippen molar-refractivity contribution in [1.29, 1.82) is 0 Å². The molecule has 102 valence electrons. The van der Waals surface area contributed by atoms with Gasteiger partial charge in [0.2, 0.25) is 0 Å². The molecule has 0 fully saturated rings. The van der Waals surface area contributed by atoms with E-state index in [1.807, 2.05) is 30.3 Å². The number of nitrogens with one attached hydrogen (secondary N) is 1. The van der Waals surface area contributed by atoms with E-state index >= 15 is 0 Å². The Morgan fingerprint density at radius 1 is 1.16 bits per heavy atom. The highest BCUT2D eigenvalue weighted by Gasteiger charge is 2.28. The van der Waals surface area contributed by atoms with Crippen LogP contribution in [-0.4, -0.2) is 18.2 Å². The first-order valence-electron chi connectivity index (χ1n) is 6.09. The number of fused-ring (bicyclic) bond motifs is 1. The van der Waals surface area contributed by atoms with E-state index in [4.69, 9.17) is 0 Å². The Kier molecular flexibility index (Phi) is 4.04. The van der Waals surface area contributed by atoms with Crippen molar-refractivity contribution >= 4 is 10.9 Å². The molecule has 5 heteroatoms. The van der Waals surface area contributed by atoms with E-state index in [9.17, 15) is 13.2 Å². The van der Waals surface area contributed by atoms with E-state index in [1.54, 1.807) is 13.1 Å². The van der Waals surface area contributed by atoms with Crippen molar-refractivity contribution < 1.29 is 13.2 Å². The van der Waals surface area contributed by atoms with Crippen molar-refractivity contribution in [3.05, 3.63) is 42.1 Å². The third-order valence-electron chi connectivity index (χ3n) is 3.04. The number of hydrogen-bond acceptors (Lipinski definition) is 2. The molecule has 2 aromatic rings. The van der Waals surface area contributed by atoms with Gasteiger partial charge in [-0.15, -0.1) is 0 Å². The van der Waals surface area contributed by atoms with Crippen LogP contribution in [0.5, 0.6) is 0 Å². The van der Waals surface area contributed by atoms with Crippen LogP contribution in [0.2, 0.25) is 0 Å². The van der Waals surface area contributed by atoms with Gasteiger partial charge < -0.3 is 5.32 Å². The standard InChI is InChI=1S/C14H15F3N2/c1-18-12(8-9-14(15,16)17)13-7-6-10-4-2-3-5-11(10)19-13/h2-7,12,18H,8-9H2,1H3. The lowest BCUT2D eigenvalue weighted by atomic mass is 10.1. The van der Waals surface area contributed by atoms with Crippen molar-refractivity contribution in [1.82, 2.24) is 10.3 Å². The lowest BCUT2D eigenvalue weighted by Crippen LogP contribution is -2.20. The Morgan fingerprint density at radius 2 is 1.89 bits per heavy atom. The molecule has 0 aliphatic carbocycles. The van der Waals surface area contributed by atoms with Gasteiger partial charge in [0.1, 0.15) is 0 Å². The Morgan fingerprint density at radius 3 is 2.58 bits per heavy atom. The minimum atomic E-state index is -4.13. The van der Waals surface area contributed by atoms with Crippen molar-refractivity contribution in [2.45, 2.75) is 25.1 Å². The van der Waals surface area contributed by atoms with Crippen LogP contribution >= 0.6 is 0 Å². The highest BCUT2D eigenvalue weighted by atomic mass is 19.4. The van der Waals surface area contributed by atoms with Crippen molar-refractivity contribution in [2.24, 2.45) is 0 Å². The normalized spacial score (nSPS) is 13.7. The minimum Gasteiger partial charge on any atom is -0.312 e. The van der Waals surface area contributed by atoms with Gasteiger partial charge in [-0.3, -0.25) is 4.98 Å². The predicted octanol–water partition coefficient (Wildman–Crippen LogP) is 3.84. The summed E-state index contributed by atoms with van der Waals surface area (Å²) in [5, 5.41) is 3.88. The quantitative estimate of drug-likeness (QED) is 0.911. The van der Waals surface area contributed by atoms with Crippen LogP contribution in [-0.2, 0) is 0 Å². The van der Waals surface area contributed by atoms with E-state index in [-0.39, 0.29) is 12.5 Å². The summed E-state index contributed by atoms with van der Waals surface area (Å²) in [4.78, 5) is 4.42. The van der Waals surface area contributed by atoms with Crippen LogP contribution in [0.3, 0.4) is 0 Å². The molecular formula is C14H15F3N2. The number of alkyl halides is 3. The maximum Gasteiger partial charge on any atom is 0.389 e. The molecule has 0 saturated heterocycles. The molecule has 1 atom stereocenters. The molecule has 2 rings (SSSR count). The molecule has 0 spiro atoms. The van der Waals surface area contributed by atoms with E-state index in [0.29, 0.717) is 5.69 Å². The fraction of sp³-hybridized carbons (Fsp3) is 0.357. The van der Waals surface area contributed by atoms with Crippen LogP contribution in [0.15, 0.2) is 36.4 Å². The number of para-hydroxylation sites is 1. The SMILES string of the molecule is CNC(CCC(F)(F)F)c1ccc2ccccc2n1. The Hall–Kier alpha value is -1.62. The molecule has 0 saturated carbocycles. The number of aromatic nitrogens is 1. The van der Waals surface area contributed by atoms with Gasteiger partial charge in [0.05, 0.1) is 11.2 Å². The molecule has 1 N–H and O–H groups in total. The Bertz CT molecular complexity index is 552. The zero-order valence-electron chi connectivity index (χ0n) is 10.5. The second-order valence-electron chi connectivity index (χ2n) is 4.42. The number of hydrogen-bond donors (Lipinski definition) is 1. The molecule has 2 nitrogen and oxygen atoms in total. The predicted molar refractivity (Wildman–Crippen MR) is 68.8 cm³/mol. The van der Waals surface area contributed by atoms with Crippen molar-refractivity contribution in [3.8, 4) is 0 Å². The summed E-state index contributed by atoms with van der Waals surface area (Å²) in [7, 11) is 1.65. The van der Waals surface area contributed by atoms with E-state index in [1.165, 1.54) is 0 Å². The lowest BCUT2D eigenvalue weighted by Gasteiger charge is -2.17. The summed E-state index contributed by atoms with van der Waals surface area (Å²) < 4.78 is 36.8. The van der Waals surface area contributed by atoms with Crippen molar-refractivity contribution in [3.63, 3.8) is 0 Å². The van der Waals surface area contributed by atoms with Gasteiger partial charge in [-0.1, -0.05) is 24.3 Å². The molecule has 0 aliphatic heterocycles. The fourth-order valence-corrected chi connectivity index (χ4v) is 2.02. The molecule has 0 amide bonds. The average Bonchev–Trinajstić information content (AvgIpc) is 2.38. The topological polar surface area (TPSA) is 24.9 Å². The first kappa shape index (κ1) is 13.8. The fourth-order valence-electron chi connectivity index (χ4n) is 2.02. The third-order valence-corrected chi connectivity index (χ3v) is 3.04. The average molecular weight is 268 g/mol. The number of nitrogens with zero attached hydrogens (tertiary/aromatic N) is 1. The maximum atomic E-state index is 12.3. The maximum absolute atomic E-state index is 12.3. The second-order valence-corrected chi connectivity index (χ2v) is 4.42. The monoisotopic (exact) mass is 268 g/mol. The number of pyridine rings is 1. The molecule has 19 heavy (non-hydrogen) atoms. The van der Waals surface area contributed by atoms with Crippen LogP contribution in [0.4, 0.5) is 13.2 Å². The smallest absolute Gasteiger partial charge is 0.312 e. The largest absolute Gasteiger partial charge is 0.389 e. The summed E-state index contributed by atoms with van der Waals surface area (Å²) in [5.41, 5.74) is 1.44.